The van der Waals surface area contributed by atoms with E-state index in [2.05, 4.69) is 20.2 Å². The summed E-state index contributed by atoms with van der Waals surface area (Å²) < 4.78 is 38.1. The predicted molar refractivity (Wildman–Crippen MR) is 83.9 cm³/mol. The Morgan fingerprint density at radius 1 is 1.40 bits per heavy atom. The van der Waals surface area contributed by atoms with Gasteiger partial charge in [0.2, 0.25) is 5.91 Å². The summed E-state index contributed by atoms with van der Waals surface area (Å²) >= 11 is 0. The van der Waals surface area contributed by atoms with Crippen LogP contribution in [0.2, 0.25) is 0 Å². The summed E-state index contributed by atoms with van der Waals surface area (Å²) in [5.41, 5.74) is 1.68. The zero-order valence-corrected chi connectivity index (χ0v) is 14.1. The first-order valence-corrected chi connectivity index (χ1v) is 8.16. The van der Waals surface area contributed by atoms with Crippen LogP contribution in [0.25, 0.3) is 0 Å². The molecule has 3 heterocycles. The predicted octanol–water partition coefficient (Wildman–Crippen LogP) is 2.72. The highest BCUT2D eigenvalue weighted by Gasteiger charge is 2.35. The van der Waals surface area contributed by atoms with Crippen molar-refractivity contribution in [1.82, 2.24) is 25.1 Å². The highest BCUT2D eigenvalue weighted by atomic mass is 19.4. The number of piperidine rings is 1. The van der Waals surface area contributed by atoms with Crippen molar-refractivity contribution in [2.75, 3.05) is 13.1 Å². The molecule has 0 bridgehead atoms. The van der Waals surface area contributed by atoms with Crippen molar-refractivity contribution in [1.29, 1.82) is 0 Å². The Morgan fingerprint density at radius 3 is 2.76 bits per heavy atom. The van der Waals surface area contributed by atoms with Gasteiger partial charge in [-0.2, -0.15) is 18.3 Å². The second-order valence-electron chi connectivity index (χ2n) is 6.45. The summed E-state index contributed by atoms with van der Waals surface area (Å²) in [6.07, 6.45) is -1.94. The number of H-pyrrole nitrogens is 2. The Balaban J connectivity index is 1.68. The van der Waals surface area contributed by atoms with Crippen molar-refractivity contribution in [2.24, 2.45) is 0 Å². The average molecular weight is 355 g/mol. The molecule has 1 saturated heterocycles. The molecule has 3 rings (SSSR count). The number of hydrogen-bond donors (Lipinski definition) is 2. The molecule has 1 atom stereocenters. The Labute approximate surface area is 142 Å². The van der Waals surface area contributed by atoms with E-state index in [9.17, 15) is 18.0 Å². The first-order chi connectivity index (χ1) is 11.8. The van der Waals surface area contributed by atoms with Crippen LogP contribution in [0, 0.1) is 13.8 Å². The first kappa shape index (κ1) is 17.5. The summed E-state index contributed by atoms with van der Waals surface area (Å²) in [4.78, 5) is 20.5. The quantitative estimate of drug-likeness (QED) is 0.889. The van der Waals surface area contributed by atoms with Crippen LogP contribution in [0.5, 0.6) is 0 Å². The van der Waals surface area contributed by atoms with Gasteiger partial charge in [-0.05, 0) is 26.7 Å². The van der Waals surface area contributed by atoms with Gasteiger partial charge >= 0.3 is 6.18 Å². The molecule has 6 nitrogen and oxygen atoms in total. The first-order valence-electron chi connectivity index (χ1n) is 8.16. The fourth-order valence-corrected chi connectivity index (χ4v) is 3.21. The maximum absolute atomic E-state index is 12.7. The summed E-state index contributed by atoms with van der Waals surface area (Å²) in [7, 11) is 0. The number of carbonyl (C=O) groups excluding carboxylic acids is 1. The highest BCUT2D eigenvalue weighted by Crippen LogP contribution is 2.31. The lowest BCUT2D eigenvalue weighted by Crippen LogP contribution is -2.40. The van der Waals surface area contributed by atoms with Crippen LogP contribution < -0.4 is 0 Å². The minimum atomic E-state index is -4.44. The third-order valence-corrected chi connectivity index (χ3v) is 4.67. The molecule has 0 aliphatic carbocycles. The minimum Gasteiger partial charge on any atom is -0.342 e. The van der Waals surface area contributed by atoms with Gasteiger partial charge in [0.15, 0.2) is 0 Å². The van der Waals surface area contributed by atoms with Gasteiger partial charge in [0, 0.05) is 30.3 Å². The van der Waals surface area contributed by atoms with E-state index in [0.29, 0.717) is 25.3 Å². The summed E-state index contributed by atoms with van der Waals surface area (Å²) in [5, 5.41) is 6.94. The molecule has 0 aromatic carbocycles. The Bertz CT molecular complexity index is 745. The van der Waals surface area contributed by atoms with Gasteiger partial charge in [0.1, 0.15) is 11.5 Å². The van der Waals surface area contributed by atoms with Crippen molar-refractivity contribution < 1.29 is 18.0 Å². The molecule has 1 amide bonds. The third kappa shape index (κ3) is 3.69. The normalized spacial score (nSPS) is 18.6. The van der Waals surface area contributed by atoms with Crippen LogP contribution in [-0.4, -0.2) is 44.1 Å². The zero-order valence-electron chi connectivity index (χ0n) is 14.1. The number of aryl methyl sites for hydroxylation is 2. The average Bonchev–Trinajstić information content (AvgIpc) is 3.17. The SMILES string of the molecule is Cc1n[nH]c(C)c1CC(=O)N1CCCC(c2ncc(C(F)(F)F)[nH]2)C1. The number of aromatic amines is 2. The van der Waals surface area contributed by atoms with Crippen LogP contribution in [0.1, 0.15) is 47.2 Å². The number of imidazole rings is 1. The topological polar surface area (TPSA) is 77.7 Å². The Kier molecular flexibility index (Phi) is 4.57. The number of amides is 1. The van der Waals surface area contributed by atoms with Crippen molar-refractivity contribution in [3.63, 3.8) is 0 Å². The summed E-state index contributed by atoms with van der Waals surface area (Å²) in [5.74, 6) is 0.0424. The molecule has 25 heavy (non-hydrogen) atoms. The second-order valence-corrected chi connectivity index (χ2v) is 6.45. The molecule has 136 valence electrons. The Morgan fingerprint density at radius 2 is 2.16 bits per heavy atom. The van der Waals surface area contributed by atoms with Crippen molar-refractivity contribution in [3.05, 3.63) is 34.7 Å². The zero-order chi connectivity index (χ0) is 18.2. The van der Waals surface area contributed by atoms with Gasteiger partial charge in [0.25, 0.3) is 0 Å². The number of likely N-dealkylation sites (tertiary alicyclic amines) is 1. The molecule has 9 heteroatoms. The van der Waals surface area contributed by atoms with Crippen LogP contribution >= 0.6 is 0 Å². The maximum atomic E-state index is 12.7. The molecule has 1 unspecified atom stereocenters. The molecule has 1 aliphatic heterocycles. The van der Waals surface area contributed by atoms with Crippen LogP contribution in [0.15, 0.2) is 6.20 Å². The van der Waals surface area contributed by atoms with Crippen LogP contribution in [0.3, 0.4) is 0 Å². The van der Waals surface area contributed by atoms with Gasteiger partial charge in [-0.3, -0.25) is 9.89 Å². The molecule has 0 saturated carbocycles. The van der Waals surface area contributed by atoms with Crippen LogP contribution in [-0.2, 0) is 17.4 Å². The van der Waals surface area contributed by atoms with Crippen LogP contribution in [0.4, 0.5) is 13.2 Å². The smallest absolute Gasteiger partial charge is 0.342 e. The molecule has 1 fully saturated rings. The van der Waals surface area contributed by atoms with E-state index in [1.165, 1.54) is 0 Å². The van der Waals surface area contributed by atoms with E-state index in [1.54, 1.807) is 4.90 Å². The number of aromatic nitrogens is 4. The third-order valence-electron chi connectivity index (χ3n) is 4.67. The standard InChI is InChI=1S/C16H20F3N5O/c1-9-12(10(2)23-22-9)6-14(25)24-5-3-4-11(8-24)15-20-7-13(21-15)16(17,18)19/h7,11H,3-6,8H2,1-2H3,(H,20,21)(H,22,23). The molecule has 2 aromatic rings. The number of hydrogen-bond acceptors (Lipinski definition) is 3. The number of rotatable bonds is 3. The molecular formula is C16H20F3N5O. The van der Waals surface area contributed by atoms with Gasteiger partial charge in [-0.15, -0.1) is 0 Å². The van der Waals surface area contributed by atoms with E-state index in [0.717, 1.165) is 29.6 Å². The van der Waals surface area contributed by atoms with Crippen molar-refractivity contribution in [2.45, 2.75) is 45.2 Å². The highest BCUT2D eigenvalue weighted by molar-refractivity contribution is 5.79. The van der Waals surface area contributed by atoms with Gasteiger partial charge in [0.05, 0.1) is 18.3 Å². The van der Waals surface area contributed by atoms with Gasteiger partial charge in [-0.25, -0.2) is 4.98 Å². The molecule has 0 spiro atoms. The van der Waals surface area contributed by atoms with Gasteiger partial charge < -0.3 is 9.88 Å². The molecule has 2 N–H and O–H groups in total. The monoisotopic (exact) mass is 355 g/mol. The number of nitrogens with zero attached hydrogens (tertiary/aromatic N) is 3. The fraction of sp³-hybridized carbons (Fsp3) is 0.562. The lowest BCUT2D eigenvalue weighted by molar-refractivity contribution is -0.141. The number of nitrogens with one attached hydrogen (secondary N) is 2. The second kappa shape index (κ2) is 6.53. The van der Waals surface area contributed by atoms with E-state index in [1.807, 2.05) is 13.8 Å². The molecule has 0 radical (unpaired) electrons. The van der Waals surface area contributed by atoms with E-state index >= 15 is 0 Å². The fourth-order valence-electron chi connectivity index (χ4n) is 3.21. The lowest BCUT2D eigenvalue weighted by atomic mass is 9.96. The Hall–Kier alpha value is -2.32. The van der Waals surface area contributed by atoms with Gasteiger partial charge in [-0.1, -0.05) is 0 Å². The van der Waals surface area contributed by atoms with E-state index < -0.39 is 11.9 Å². The molecule has 1 aliphatic rings. The number of alkyl halides is 3. The van der Waals surface area contributed by atoms with E-state index in [-0.39, 0.29) is 18.2 Å². The molecule has 2 aromatic heterocycles. The number of halogens is 3. The largest absolute Gasteiger partial charge is 0.432 e. The summed E-state index contributed by atoms with van der Waals surface area (Å²) in [6.45, 7) is 4.69. The summed E-state index contributed by atoms with van der Waals surface area (Å²) in [6, 6.07) is 0. The van der Waals surface area contributed by atoms with E-state index in [4.69, 9.17) is 0 Å². The molecular weight excluding hydrogens is 335 g/mol. The van der Waals surface area contributed by atoms with Crippen molar-refractivity contribution >= 4 is 5.91 Å². The van der Waals surface area contributed by atoms with Crippen molar-refractivity contribution in [3.8, 4) is 0 Å². The minimum absolute atomic E-state index is 0.0418. The lowest BCUT2D eigenvalue weighted by Gasteiger charge is -2.32. The number of carbonyl (C=O) groups is 1. The maximum Gasteiger partial charge on any atom is 0.432 e.